The fraction of sp³-hybridized carbons (Fsp3) is 0.640. The van der Waals surface area contributed by atoms with Crippen LogP contribution in [0.3, 0.4) is 0 Å². The lowest BCUT2D eigenvalue weighted by Gasteiger charge is -2.36. The number of carbonyl (C=O) groups excluding carboxylic acids is 2. The second-order valence-electron chi connectivity index (χ2n) is 19.4. The molecule has 4 saturated heterocycles. The Labute approximate surface area is 404 Å². The maximum Gasteiger partial charge on any atom is 0.222 e. The van der Waals surface area contributed by atoms with Gasteiger partial charge in [-0.2, -0.15) is 0 Å². The zero-order chi connectivity index (χ0) is 49.6. The van der Waals surface area contributed by atoms with Gasteiger partial charge in [-0.15, -0.1) is 0 Å². The van der Waals surface area contributed by atoms with Crippen LogP contribution in [-0.2, 0) is 41.4 Å². The molecule has 386 valence electrons. The van der Waals surface area contributed by atoms with Crippen molar-refractivity contribution in [2.24, 2.45) is 0 Å². The van der Waals surface area contributed by atoms with Gasteiger partial charge in [0.05, 0.1) is 49.0 Å². The molecule has 0 radical (unpaired) electrons. The molecule has 18 nitrogen and oxygen atoms in total. The standard InChI is InChI=1S/C50H68F2N4O14/c51-27-9-11-33-35(19-29-17-31(59)23-55(29)43(63)7-3-1-5-13-67-45-21-39(61)49(65)41(25-57)69-45)47(53-37(33)15-27)48-36(34-12-10-28(52)16-38(34)54-48)20-30-18-32(60)24-56(30)44(64)8-4-2-6-14-68-46-22-40(62)50(66)42(26-58)70-46/h9-12,15-16,29-32,39-42,45-46,49-50,53-54,57-62,65-66H,1-8,13-14,17-26H2/t29-,30-,31-,32-,39?,40?,41?,42?,45+,46+,49-,50-/m0/s1. The van der Waals surface area contributed by atoms with Crippen molar-refractivity contribution in [3.05, 3.63) is 59.2 Å². The molecule has 2 amide bonds. The predicted octanol–water partition coefficient (Wildman–Crippen LogP) is 2.42. The van der Waals surface area contributed by atoms with Gasteiger partial charge in [0.15, 0.2) is 12.6 Å². The van der Waals surface area contributed by atoms with E-state index in [-0.39, 0.29) is 63.8 Å². The van der Waals surface area contributed by atoms with Gasteiger partial charge in [-0.3, -0.25) is 9.59 Å². The summed E-state index contributed by atoms with van der Waals surface area (Å²) in [4.78, 5) is 37.9. The number of carbonyl (C=O) groups is 2. The van der Waals surface area contributed by atoms with E-state index >= 15 is 0 Å². The number of nitrogens with one attached hydrogen (secondary N) is 2. The number of likely N-dealkylation sites (tertiary alicyclic amines) is 2. The number of hydrogen-bond acceptors (Lipinski definition) is 14. The first-order valence-electron chi connectivity index (χ1n) is 24.7. The van der Waals surface area contributed by atoms with E-state index in [4.69, 9.17) is 18.9 Å². The predicted molar refractivity (Wildman–Crippen MR) is 249 cm³/mol. The van der Waals surface area contributed by atoms with Gasteiger partial charge in [0.25, 0.3) is 0 Å². The van der Waals surface area contributed by atoms with Crippen LogP contribution in [0.2, 0.25) is 0 Å². The number of aliphatic hydroxyl groups excluding tert-OH is 8. The number of aliphatic hydroxyl groups is 8. The fourth-order valence-corrected chi connectivity index (χ4v) is 10.7. The van der Waals surface area contributed by atoms with Crippen molar-refractivity contribution < 1.29 is 78.2 Å². The third-order valence-corrected chi connectivity index (χ3v) is 14.4. The molecular formula is C50H68F2N4O14. The molecule has 0 saturated carbocycles. The molecular weight excluding hydrogens is 919 g/mol. The van der Waals surface area contributed by atoms with Gasteiger partial charge >= 0.3 is 0 Å². The van der Waals surface area contributed by atoms with E-state index in [2.05, 4.69) is 9.97 Å². The number of unbranched alkanes of at least 4 members (excludes halogenated alkanes) is 4. The Hall–Kier alpha value is -4.16. The number of aromatic amines is 2. The van der Waals surface area contributed by atoms with Crippen molar-refractivity contribution >= 4 is 33.6 Å². The third kappa shape index (κ3) is 12.2. The van der Waals surface area contributed by atoms with Crippen LogP contribution in [0.5, 0.6) is 0 Å². The molecule has 70 heavy (non-hydrogen) atoms. The summed E-state index contributed by atoms with van der Waals surface area (Å²) in [5.41, 5.74) is 3.75. The number of β-amino-alcohol motifs (C(OH)–C–C–N with tert-alkyl or cyclic N) is 2. The number of H-pyrrole nitrogens is 2. The first-order chi connectivity index (χ1) is 33.7. The highest BCUT2D eigenvalue weighted by molar-refractivity contribution is 5.96. The number of aromatic nitrogens is 2. The summed E-state index contributed by atoms with van der Waals surface area (Å²) >= 11 is 0. The highest BCUT2D eigenvalue weighted by Crippen LogP contribution is 2.40. The molecule has 2 aromatic heterocycles. The lowest BCUT2D eigenvalue weighted by molar-refractivity contribution is -0.257. The van der Waals surface area contributed by atoms with Gasteiger partial charge in [0.2, 0.25) is 11.8 Å². The van der Waals surface area contributed by atoms with Gasteiger partial charge < -0.3 is 79.6 Å². The lowest BCUT2D eigenvalue weighted by atomic mass is 9.95. The van der Waals surface area contributed by atoms with Crippen molar-refractivity contribution in [3.8, 4) is 11.4 Å². The number of nitrogens with zero attached hydrogens (tertiary/aromatic N) is 2. The fourth-order valence-electron chi connectivity index (χ4n) is 10.7. The second-order valence-corrected chi connectivity index (χ2v) is 19.4. The van der Waals surface area contributed by atoms with Gasteiger partial charge in [-0.05, 0) is 98.9 Å². The van der Waals surface area contributed by atoms with Crippen LogP contribution in [0.4, 0.5) is 8.78 Å². The van der Waals surface area contributed by atoms with E-state index in [9.17, 15) is 59.2 Å². The van der Waals surface area contributed by atoms with E-state index < -0.39 is 98.3 Å². The summed E-state index contributed by atoms with van der Waals surface area (Å²) in [5.74, 6) is -1.17. The highest BCUT2D eigenvalue weighted by atomic mass is 19.1. The first-order valence-corrected chi connectivity index (χ1v) is 24.7. The average molecular weight is 987 g/mol. The molecule has 4 unspecified atom stereocenters. The van der Waals surface area contributed by atoms with Gasteiger partial charge in [0.1, 0.15) is 36.1 Å². The number of ether oxygens (including phenoxy) is 4. The van der Waals surface area contributed by atoms with E-state index in [0.717, 1.165) is 11.1 Å². The Balaban J connectivity index is 0.934. The molecule has 4 fully saturated rings. The minimum atomic E-state index is -1.20. The molecule has 2 aromatic carbocycles. The third-order valence-electron chi connectivity index (χ3n) is 14.4. The largest absolute Gasteiger partial charge is 0.394 e. The summed E-state index contributed by atoms with van der Waals surface area (Å²) in [5, 5.41) is 82.3. The number of benzene rings is 2. The van der Waals surface area contributed by atoms with Gasteiger partial charge in [0, 0.05) is 85.9 Å². The molecule has 12 atom stereocenters. The van der Waals surface area contributed by atoms with Crippen LogP contribution in [-0.4, -0.2) is 185 Å². The van der Waals surface area contributed by atoms with Crippen LogP contribution < -0.4 is 0 Å². The van der Waals surface area contributed by atoms with Gasteiger partial charge in [-0.1, -0.05) is 12.8 Å². The zero-order valence-corrected chi connectivity index (χ0v) is 39.2. The summed E-state index contributed by atoms with van der Waals surface area (Å²) in [6.45, 7) is -0.0377. The summed E-state index contributed by atoms with van der Waals surface area (Å²) in [6.07, 6.45) is -4.08. The molecule has 10 N–H and O–H groups in total. The van der Waals surface area contributed by atoms with E-state index in [1.807, 2.05) is 0 Å². The quantitative estimate of drug-likeness (QED) is 0.0538. The van der Waals surface area contributed by atoms with E-state index in [1.165, 1.54) is 24.3 Å². The summed E-state index contributed by atoms with van der Waals surface area (Å²) in [6, 6.07) is 8.06. The first kappa shape index (κ1) is 52.2. The molecule has 4 aliphatic heterocycles. The Kier molecular flexibility index (Phi) is 17.6. The number of fused-ring (bicyclic) bond motifs is 2. The second kappa shape index (κ2) is 23.6. The van der Waals surface area contributed by atoms with Crippen molar-refractivity contribution in [3.63, 3.8) is 0 Å². The Morgan fingerprint density at radius 1 is 0.600 bits per heavy atom. The zero-order valence-electron chi connectivity index (χ0n) is 39.2. The maximum absolute atomic E-state index is 14.9. The topological polar surface area (TPSA) is 271 Å². The minimum Gasteiger partial charge on any atom is -0.394 e. The SMILES string of the molecule is O=C(CCCCCO[C@H]1CC(O)[C@H](O)C(CO)O1)N1C[C@@H](O)C[C@H]1Cc1c(-c2[nH]c3cc(F)ccc3c2C[C@@H]2C[C@H](O)CN2C(=O)CCCCCO[C@H]2CC(O)[C@H](O)C(CO)O2)[nH]c2cc(F)ccc12. The smallest absolute Gasteiger partial charge is 0.222 e. The molecule has 0 spiro atoms. The molecule has 8 rings (SSSR count). The Morgan fingerprint density at radius 3 is 1.41 bits per heavy atom. The molecule has 20 heteroatoms. The van der Waals surface area contributed by atoms with Crippen LogP contribution >= 0.6 is 0 Å². The Bertz CT molecular complexity index is 2220. The highest BCUT2D eigenvalue weighted by Gasteiger charge is 2.40. The monoisotopic (exact) mass is 986 g/mol. The van der Waals surface area contributed by atoms with Crippen molar-refractivity contribution in [2.45, 2.75) is 163 Å². The summed E-state index contributed by atoms with van der Waals surface area (Å²) in [7, 11) is 0. The van der Waals surface area contributed by atoms with Gasteiger partial charge in [-0.25, -0.2) is 8.78 Å². The van der Waals surface area contributed by atoms with Crippen molar-refractivity contribution in [1.82, 2.24) is 19.8 Å². The normalized spacial score (nSPS) is 29.5. The molecule has 0 aliphatic carbocycles. The number of hydrogen-bond donors (Lipinski definition) is 10. The van der Waals surface area contributed by atoms with Crippen LogP contribution in [0.1, 0.15) is 88.2 Å². The molecule has 6 heterocycles. The van der Waals surface area contributed by atoms with Crippen molar-refractivity contribution in [2.75, 3.05) is 39.5 Å². The molecule has 4 aromatic rings. The van der Waals surface area contributed by atoms with Crippen molar-refractivity contribution in [1.29, 1.82) is 0 Å². The minimum absolute atomic E-state index is 0.0705. The van der Waals surface area contributed by atoms with Crippen LogP contribution in [0.25, 0.3) is 33.2 Å². The maximum atomic E-state index is 14.9. The number of rotatable bonds is 21. The summed E-state index contributed by atoms with van der Waals surface area (Å²) < 4.78 is 52.2. The van der Waals surface area contributed by atoms with E-state index in [1.54, 1.807) is 21.9 Å². The molecule has 0 bridgehead atoms. The average Bonchev–Trinajstić information content (AvgIpc) is 4.10. The Morgan fingerprint density at radius 2 is 1.01 bits per heavy atom. The van der Waals surface area contributed by atoms with Crippen LogP contribution in [0.15, 0.2) is 36.4 Å². The number of halogens is 2. The van der Waals surface area contributed by atoms with E-state index in [0.29, 0.717) is 97.4 Å². The lowest BCUT2D eigenvalue weighted by Crippen LogP contribution is -2.50. The molecule has 4 aliphatic rings. The van der Waals surface area contributed by atoms with Crippen LogP contribution in [0, 0.1) is 11.6 Å². The number of amides is 2.